The molecule has 0 aliphatic rings. The fourth-order valence-electron chi connectivity index (χ4n) is 2.73. The van der Waals surface area contributed by atoms with Crippen molar-refractivity contribution >= 4 is 35.1 Å². The molecule has 0 saturated heterocycles. The summed E-state index contributed by atoms with van der Waals surface area (Å²) in [7, 11) is 0. The summed E-state index contributed by atoms with van der Waals surface area (Å²) in [6.45, 7) is 2.62. The van der Waals surface area contributed by atoms with E-state index in [4.69, 9.17) is 27.9 Å². The van der Waals surface area contributed by atoms with E-state index in [0.29, 0.717) is 6.61 Å². The highest BCUT2D eigenvalue weighted by Gasteiger charge is 2.12. The smallest absolute Gasteiger partial charge is 0.187 e. The fourth-order valence-corrected chi connectivity index (χ4v) is 3.21. The second-order valence-electron chi connectivity index (χ2n) is 6.62. The number of ketones is 1. The van der Waals surface area contributed by atoms with E-state index in [9.17, 15) is 9.18 Å². The Morgan fingerprint density at radius 1 is 1.10 bits per heavy atom. The highest BCUT2D eigenvalue weighted by atomic mass is 35.5. The number of aromatic nitrogens is 1. The van der Waals surface area contributed by atoms with Gasteiger partial charge in [-0.2, -0.15) is 0 Å². The Bertz CT molecular complexity index is 1050. The van der Waals surface area contributed by atoms with Crippen LogP contribution in [0.3, 0.4) is 0 Å². The van der Waals surface area contributed by atoms with Gasteiger partial charge in [-0.15, -0.1) is 0 Å². The van der Waals surface area contributed by atoms with Crippen molar-refractivity contribution in [3.8, 4) is 5.75 Å². The first-order chi connectivity index (χ1) is 14.5. The predicted molar refractivity (Wildman–Crippen MR) is 119 cm³/mol. The van der Waals surface area contributed by atoms with Crippen molar-refractivity contribution in [2.75, 3.05) is 6.61 Å². The van der Waals surface area contributed by atoms with Crippen molar-refractivity contribution in [3.05, 3.63) is 99.1 Å². The van der Waals surface area contributed by atoms with Gasteiger partial charge in [-0.1, -0.05) is 54.4 Å². The second kappa shape index (κ2) is 10.4. The van der Waals surface area contributed by atoms with Gasteiger partial charge in [0.2, 0.25) is 0 Å². The molecule has 0 spiro atoms. The largest absolute Gasteiger partial charge is 0.493 e. The third-order valence-electron chi connectivity index (χ3n) is 4.50. The van der Waals surface area contributed by atoms with E-state index in [-0.39, 0.29) is 15.6 Å². The van der Waals surface area contributed by atoms with Crippen LogP contribution in [0.5, 0.6) is 5.75 Å². The standard InChI is InChI=1S/C24H20Cl2FNO2/c1-2-16-3-7-18(28-15-16)11-12-30-19-8-4-17(5-9-19)6-10-24(29)20-13-23(27)22(26)14-21(20)25/h3-10,13-15H,2,11-12H2,1H3/b10-6+. The number of carbonyl (C=O) groups excluding carboxylic acids is 1. The number of rotatable bonds is 8. The van der Waals surface area contributed by atoms with Crippen LogP contribution in [-0.2, 0) is 12.8 Å². The highest BCUT2D eigenvalue weighted by molar-refractivity contribution is 6.37. The zero-order chi connectivity index (χ0) is 21.5. The quantitative estimate of drug-likeness (QED) is 0.223. The first-order valence-corrected chi connectivity index (χ1v) is 10.3. The van der Waals surface area contributed by atoms with Crippen molar-refractivity contribution in [3.63, 3.8) is 0 Å². The normalized spacial score (nSPS) is 11.1. The molecule has 0 unspecified atom stereocenters. The zero-order valence-electron chi connectivity index (χ0n) is 16.4. The molecule has 1 heterocycles. The molecule has 154 valence electrons. The summed E-state index contributed by atoms with van der Waals surface area (Å²) in [5, 5.41) is -0.0107. The Balaban J connectivity index is 1.54. The average molecular weight is 444 g/mol. The molecule has 2 aromatic carbocycles. The van der Waals surface area contributed by atoms with Gasteiger partial charge in [0.1, 0.15) is 11.6 Å². The Hall–Kier alpha value is -2.69. The molecule has 30 heavy (non-hydrogen) atoms. The summed E-state index contributed by atoms with van der Waals surface area (Å²) in [6, 6.07) is 13.7. The van der Waals surface area contributed by atoms with E-state index in [1.165, 1.54) is 17.7 Å². The van der Waals surface area contributed by atoms with Crippen LogP contribution in [0.15, 0.2) is 60.8 Å². The van der Waals surface area contributed by atoms with Gasteiger partial charge in [0.15, 0.2) is 5.78 Å². The van der Waals surface area contributed by atoms with Gasteiger partial charge in [0.05, 0.1) is 16.7 Å². The highest BCUT2D eigenvalue weighted by Crippen LogP contribution is 2.25. The fraction of sp³-hybridized carbons (Fsp3) is 0.167. The number of halogens is 3. The summed E-state index contributed by atoms with van der Waals surface area (Å²) in [5.41, 5.74) is 3.07. The SMILES string of the molecule is CCc1ccc(CCOc2ccc(/C=C/C(=O)c3cc(F)c(Cl)cc3Cl)cc2)nc1. The van der Waals surface area contributed by atoms with E-state index in [0.717, 1.165) is 35.9 Å². The molecular weight excluding hydrogens is 424 g/mol. The van der Waals surface area contributed by atoms with Gasteiger partial charge in [0, 0.05) is 23.9 Å². The van der Waals surface area contributed by atoms with E-state index in [1.54, 1.807) is 6.08 Å². The van der Waals surface area contributed by atoms with Gasteiger partial charge < -0.3 is 4.74 Å². The topological polar surface area (TPSA) is 39.2 Å². The minimum Gasteiger partial charge on any atom is -0.493 e. The Morgan fingerprint density at radius 2 is 1.87 bits per heavy atom. The maximum absolute atomic E-state index is 13.6. The summed E-state index contributed by atoms with van der Waals surface area (Å²) in [6.07, 6.45) is 6.56. The van der Waals surface area contributed by atoms with E-state index in [2.05, 4.69) is 18.0 Å². The maximum atomic E-state index is 13.6. The number of hydrogen-bond acceptors (Lipinski definition) is 3. The van der Waals surface area contributed by atoms with Crippen LogP contribution >= 0.6 is 23.2 Å². The van der Waals surface area contributed by atoms with Crippen LogP contribution in [0.25, 0.3) is 6.08 Å². The van der Waals surface area contributed by atoms with Gasteiger partial charge in [-0.3, -0.25) is 9.78 Å². The number of carbonyl (C=O) groups is 1. The molecule has 0 N–H and O–H groups in total. The van der Waals surface area contributed by atoms with Crippen LogP contribution in [-0.4, -0.2) is 17.4 Å². The summed E-state index contributed by atoms with van der Waals surface area (Å²) in [4.78, 5) is 16.7. The molecule has 0 bridgehead atoms. The minimum atomic E-state index is -0.684. The van der Waals surface area contributed by atoms with E-state index >= 15 is 0 Å². The number of allylic oxidation sites excluding steroid dienone is 1. The van der Waals surface area contributed by atoms with Crippen molar-refractivity contribution in [2.24, 2.45) is 0 Å². The predicted octanol–water partition coefficient (Wildman–Crippen LogP) is 6.61. The lowest BCUT2D eigenvalue weighted by atomic mass is 10.1. The van der Waals surface area contributed by atoms with Crippen LogP contribution in [0, 0.1) is 5.82 Å². The molecule has 0 aliphatic heterocycles. The molecule has 0 radical (unpaired) electrons. The first-order valence-electron chi connectivity index (χ1n) is 9.50. The lowest BCUT2D eigenvalue weighted by Crippen LogP contribution is -2.03. The summed E-state index contributed by atoms with van der Waals surface area (Å²) in [5.74, 6) is -0.361. The number of nitrogens with zero attached hydrogens (tertiary/aromatic N) is 1. The van der Waals surface area contributed by atoms with Gasteiger partial charge >= 0.3 is 0 Å². The monoisotopic (exact) mass is 443 g/mol. The number of pyridine rings is 1. The molecule has 3 aromatic rings. The summed E-state index contributed by atoms with van der Waals surface area (Å²) < 4.78 is 19.3. The van der Waals surface area contributed by atoms with Crippen molar-refractivity contribution in [2.45, 2.75) is 19.8 Å². The maximum Gasteiger partial charge on any atom is 0.187 e. The molecular formula is C24H20Cl2FNO2. The molecule has 3 rings (SSSR count). The van der Waals surface area contributed by atoms with Crippen LogP contribution in [0.2, 0.25) is 10.0 Å². The van der Waals surface area contributed by atoms with E-state index < -0.39 is 11.6 Å². The summed E-state index contributed by atoms with van der Waals surface area (Å²) >= 11 is 11.6. The molecule has 0 amide bonds. The molecule has 0 atom stereocenters. The third-order valence-corrected chi connectivity index (χ3v) is 5.11. The van der Waals surface area contributed by atoms with Crippen molar-refractivity contribution < 1.29 is 13.9 Å². The van der Waals surface area contributed by atoms with Gasteiger partial charge in [-0.25, -0.2) is 4.39 Å². The molecule has 6 heteroatoms. The molecule has 3 nitrogen and oxygen atoms in total. The van der Waals surface area contributed by atoms with Gasteiger partial charge in [-0.05, 0) is 54.0 Å². The minimum absolute atomic E-state index is 0.0651. The second-order valence-corrected chi connectivity index (χ2v) is 7.44. The molecule has 1 aromatic heterocycles. The number of aryl methyl sites for hydroxylation is 1. The van der Waals surface area contributed by atoms with Crippen molar-refractivity contribution in [1.29, 1.82) is 0 Å². The Kier molecular flexibility index (Phi) is 7.61. The van der Waals surface area contributed by atoms with Crippen LogP contribution in [0.1, 0.15) is 34.1 Å². The number of benzene rings is 2. The molecule has 0 fully saturated rings. The lowest BCUT2D eigenvalue weighted by Gasteiger charge is -2.07. The number of ether oxygens (including phenoxy) is 1. The van der Waals surface area contributed by atoms with Crippen LogP contribution < -0.4 is 4.74 Å². The van der Waals surface area contributed by atoms with Gasteiger partial charge in [0.25, 0.3) is 0 Å². The third kappa shape index (κ3) is 5.91. The molecule has 0 aliphatic carbocycles. The van der Waals surface area contributed by atoms with E-state index in [1.807, 2.05) is 36.5 Å². The van der Waals surface area contributed by atoms with Crippen LogP contribution in [0.4, 0.5) is 4.39 Å². The average Bonchev–Trinajstić information content (AvgIpc) is 2.76. The number of hydrogen-bond donors (Lipinski definition) is 0. The first kappa shape index (κ1) is 22.0. The Morgan fingerprint density at radius 3 is 2.53 bits per heavy atom. The Labute approximate surface area is 185 Å². The lowest BCUT2D eigenvalue weighted by molar-refractivity contribution is 0.104. The van der Waals surface area contributed by atoms with Crippen molar-refractivity contribution in [1.82, 2.24) is 4.98 Å². The molecule has 0 saturated carbocycles. The zero-order valence-corrected chi connectivity index (χ0v) is 17.9.